The quantitative estimate of drug-likeness (QED) is 0.804. The van der Waals surface area contributed by atoms with Crippen LogP contribution < -0.4 is 5.32 Å². The number of rotatable bonds is 3. The molecule has 0 atom stereocenters. The van der Waals surface area contributed by atoms with E-state index in [1.165, 1.54) is 5.56 Å². The Morgan fingerprint density at radius 1 is 0.867 bits per heavy atom. The second kappa shape index (κ2) is 4.51. The molecule has 15 heavy (non-hydrogen) atoms. The normalized spacial score (nSPS) is 9.87. The first-order chi connectivity index (χ1) is 7.34. The number of hydrogen-bond acceptors (Lipinski definition) is 1. The summed E-state index contributed by atoms with van der Waals surface area (Å²) in [6, 6.07) is 16.9. The standard InChI is InChI=1S/C13H12NO/c15-13-8-6-12(7-9-13)14-10-11-4-2-1-3-5-11/h1-9,14H,10H2. The van der Waals surface area contributed by atoms with E-state index in [1.807, 2.05) is 18.2 Å². The molecule has 2 heteroatoms. The second-order valence-corrected chi connectivity index (χ2v) is 3.36. The molecule has 0 bridgehead atoms. The van der Waals surface area contributed by atoms with Crippen LogP contribution in [0.2, 0.25) is 0 Å². The highest BCUT2D eigenvalue weighted by Crippen LogP contribution is 2.15. The van der Waals surface area contributed by atoms with Crippen molar-refractivity contribution in [1.29, 1.82) is 0 Å². The van der Waals surface area contributed by atoms with E-state index in [1.54, 1.807) is 24.3 Å². The van der Waals surface area contributed by atoms with E-state index >= 15 is 0 Å². The Labute approximate surface area is 89.2 Å². The largest absolute Gasteiger partial charge is 0.381 e. The highest BCUT2D eigenvalue weighted by molar-refractivity contribution is 5.46. The molecule has 0 saturated carbocycles. The number of anilines is 1. The van der Waals surface area contributed by atoms with Gasteiger partial charge < -0.3 is 5.32 Å². The SMILES string of the molecule is [O]c1ccc(NCc2ccccc2)cc1. The van der Waals surface area contributed by atoms with Crippen LogP contribution in [0.4, 0.5) is 5.69 Å². The van der Waals surface area contributed by atoms with Gasteiger partial charge in [0.1, 0.15) is 0 Å². The average molecular weight is 198 g/mol. The summed E-state index contributed by atoms with van der Waals surface area (Å²) in [5.41, 5.74) is 2.20. The van der Waals surface area contributed by atoms with E-state index in [2.05, 4.69) is 17.4 Å². The van der Waals surface area contributed by atoms with Gasteiger partial charge >= 0.3 is 0 Å². The lowest BCUT2D eigenvalue weighted by Gasteiger charge is -2.05. The van der Waals surface area contributed by atoms with E-state index in [-0.39, 0.29) is 5.75 Å². The van der Waals surface area contributed by atoms with Gasteiger partial charge in [0, 0.05) is 12.2 Å². The molecular weight excluding hydrogens is 186 g/mol. The van der Waals surface area contributed by atoms with Crippen LogP contribution in [0, 0.1) is 0 Å². The number of benzene rings is 2. The van der Waals surface area contributed by atoms with Crippen molar-refractivity contribution >= 4 is 5.69 Å². The van der Waals surface area contributed by atoms with Crippen LogP contribution >= 0.6 is 0 Å². The summed E-state index contributed by atoms with van der Waals surface area (Å²) < 4.78 is 0. The molecule has 1 radical (unpaired) electrons. The molecule has 2 nitrogen and oxygen atoms in total. The van der Waals surface area contributed by atoms with Crippen molar-refractivity contribution in [2.45, 2.75) is 6.54 Å². The summed E-state index contributed by atoms with van der Waals surface area (Å²) in [7, 11) is 0. The van der Waals surface area contributed by atoms with Crippen molar-refractivity contribution in [3.8, 4) is 5.75 Å². The molecule has 0 aliphatic rings. The molecular formula is C13H12NO. The summed E-state index contributed by atoms with van der Waals surface area (Å²) in [5, 5.41) is 14.1. The molecule has 0 heterocycles. The lowest BCUT2D eigenvalue weighted by molar-refractivity contribution is 0.355. The van der Waals surface area contributed by atoms with Gasteiger partial charge in [-0.3, -0.25) is 5.11 Å². The first kappa shape index (κ1) is 9.59. The minimum absolute atomic E-state index is 0.0419. The Hall–Kier alpha value is -1.96. The van der Waals surface area contributed by atoms with Gasteiger partial charge in [0.2, 0.25) is 0 Å². The maximum Gasteiger partial charge on any atom is 0.178 e. The first-order valence-corrected chi connectivity index (χ1v) is 4.89. The molecule has 0 unspecified atom stereocenters. The Balaban J connectivity index is 1.96. The third kappa shape index (κ3) is 2.74. The van der Waals surface area contributed by atoms with Crippen LogP contribution in [-0.2, 0) is 11.7 Å². The summed E-state index contributed by atoms with van der Waals surface area (Å²) in [5.74, 6) is 0.0419. The van der Waals surface area contributed by atoms with Gasteiger partial charge in [0.05, 0.1) is 0 Å². The molecule has 0 aromatic heterocycles. The Morgan fingerprint density at radius 2 is 1.53 bits per heavy atom. The smallest absolute Gasteiger partial charge is 0.178 e. The first-order valence-electron chi connectivity index (χ1n) is 4.89. The number of nitrogens with one attached hydrogen (secondary N) is 1. The highest BCUT2D eigenvalue weighted by Gasteiger charge is 1.94. The van der Waals surface area contributed by atoms with Gasteiger partial charge in [0.15, 0.2) is 5.75 Å². The van der Waals surface area contributed by atoms with E-state index in [0.717, 1.165) is 12.2 Å². The molecule has 0 spiro atoms. The highest BCUT2D eigenvalue weighted by atomic mass is 16.3. The van der Waals surface area contributed by atoms with Crippen LogP contribution in [0.3, 0.4) is 0 Å². The molecule has 1 N–H and O–H groups in total. The molecule has 0 aliphatic heterocycles. The summed E-state index contributed by atoms with van der Waals surface area (Å²) in [6.45, 7) is 0.777. The lowest BCUT2D eigenvalue weighted by Crippen LogP contribution is -1.98. The van der Waals surface area contributed by atoms with E-state index in [4.69, 9.17) is 0 Å². The van der Waals surface area contributed by atoms with Crippen molar-refractivity contribution in [2.75, 3.05) is 5.32 Å². The zero-order chi connectivity index (χ0) is 10.5. The Kier molecular flexibility index (Phi) is 2.88. The van der Waals surface area contributed by atoms with Crippen LogP contribution in [0.5, 0.6) is 5.75 Å². The predicted octanol–water partition coefficient (Wildman–Crippen LogP) is 3.44. The Morgan fingerprint density at radius 3 is 2.20 bits per heavy atom. The lowest BCUT2D eigenvalue weighted by atomic mass is 10.2. The van der Waals surface area contributed by atoms with E-state index < -0.39 is 0 Å². The van der Waals surface area contributed by atoms with E-state index in [9.17, 15) is 5.11 Å². The van der Waals surface area contributed by atoms with Crippen LogP contribution in [-0.4, -0.2) is 0 Å². The van der Waals surface area contributed by atoms with Gasteiger partial charge in [-0.2, -0.15) is 0 Å². The summed E-state index contributed by atoms with van der Waals surface area (Å²) in [4.78, 5) is 0. The van der Waals surface area contributed by atoms with Crippen molar-refractivity contribution in [3.05, 3.63) is 60.2 Å². The van der Waals surface area contributed by atoms with Crippen molar-refractivity contribution in [2.24, 2.45) is 0 Å². The fourth-order valence-corrected chi connectivity index (χ4v) is 1.37. The van der Waals surface area contributed by atoms with Crippen molar-refractivity contribution in [1.82, 2.24) is 0 Å². The summed E-state index contributed by atoms with van der Waals surface area (Å²) >= 11 is 0. The van der Waals surface area contributed by atoms with Crippen molar-refractivity contribution in [3.63, 3.8) is 0 Å². The monoisotopic (exact) mass is 198 g/mol. The van der Waals surface area contributed by atoms with E-state index in [0.29, 0.717) is 0 Å². The molecule has 2 aromatic rings. The minimum atomic E-state index is 0.0419. The fraction of sp³-hybridized carbons (Fsp3) is 0.0769. The molecule has 75 valence electrons. The second-order valence-electron chi connectivity index (χ2n) is 3.36. The zero-order valence-corrected chi connectivity index (χ0v) is 8.31. The average Bonchev–Trinajstić information content (AvgIpc) is 2.30. The Bertz CT molecular complexity index is 408. The fourth-order valence-electron chi connectivity index (χ4n) is 1.37. The van der Waals surface area contributed by atoms with Crippen LogP contribution in [0.15, 0.2) is 54.6 Å². The van der Waals surface area contributed by atoms with Gasteiger partial charge in [-0.25, -0.2) is 0 Å². The van der Waals surface area contributed by atoms with Crippen molar-refractivity contribution < 1.29 is 5.11 Å². The third-order valence-corrected chi connectivity index (χ3v) is 2.19. The maximum atomic E-state index is 10.9. The maximum absolute atomic E-state index is 10.9. The van der Waals surface area contributed by atoms with Gasteiger partial charge in [-0.1, -0.05) is 30.3 Å². The molecule has 0 saturated heterocycles. The predicted molar refractivity (Wildman–Crippen MR) is 60.3 cm³/mol. The molecule has 0 amide bonds. The van der Waals surface area contributed by atoms with Gasteiger partial charge in [0.25, 0.3) is 0 Å². The van der Waals surface area contributed by atoms with Crippen LogP contribution in [0.1, 0.15) is 5.56 Å². The third-order valence-electron chi connectivity index (χ3n) is 2.19. The molecule has 0 aliphatic carbocycles. The van der Waals surface area contributed by atoms with Crippen LogP contribution in [0.25, 0.3) is 0 Å². The number of hydrogen-bond donors (Lipinski definition) is 1. The zero-order valence-electron chi connectivity index (χ0n) is 8.31. The topological polar surface area (TPSA) is 31.9 Å². The minimum Gasteiger partial charge on any atom is -0.381 e. The molecule has 0 fully saturated rings. The van der Waals surface area contributed by atoms with Gasteiger partial charge in [-0.05, 0) is 29.8 Å². The molecule has 2 aromatic carbocycles. The molecule has 2 rings (SSSR count). The summed E-state index contributed by atoms with van der Waals surface area (Å²) in [6.07, 6.45) is 0. The van der Waals surface area contributed by atoms with Gasteiger partial charge in [-0.15, -0.1) is 0 Å².